The highest BCUT2D eigenvalue weighted by molar-refractivity contribution is 9.10. The summed E-state index contributed by atoms with van der Waals surface area (Å²) >= 11 is 9.66. The fourth-order valence-electron chi connectivity index (χ4n) is 4.18. The van der Waals surface area contributed by atoms with Crippen LogP contribution in [0.4, 0.5) is 11.4 Å². The fraction of sp³-hybridized carbons (Fsp3) is 0.130. The van der Waals surface area contributed by atoms with E-state index in [9.17, 15) is 9.59 Å². The van der Waals surface area contributed by atoms with Crippen molar-refractivity contribution in [2.45, 2.75) is 19.1 Å². The van der Waals surface area contributed by atoms with E-state index in [4.69, 9.17) is 11.6 Å². The van der Waals surface area contributed by atoms with Crippen LogP contribution in [0.25, 0.3) is 0 Å². The van der Waals surface area contributed by atoms with E-state index in [0.717, 1.165) is 21.3 Å². The molecule has 3 aromatic rings. The summed E-state index contributed by atoms with van der Waals surface area (Å²) in [6, 6.07) is 18.8. The first-order chi connectivity index (χ1) is 14.4. The number of carbonyl (C=O) groups is 2. The van der Waals surface area contributed by atoms with E-state index in [0.29, 0.717) is 28.4 Å². The maximum Gasteiger partial charge on any atom is 0.278 e. The average molecular weight is 483 g/mol. The van der Waals surface area contributed by atoms with Crippen LogP contribution >= 0.6 is 27.5 Å². The van der Waals surface area contributed by atoms with Crippen LogP contribution in [-0.2, 0) is 17.0 Å². The minimum absolute atomic E-state index is 0.229. The molecule has 5 nitrogen and oxygen atoms in total. The van der Waals surface area contributed by atoms with E-state index in [1.807, 2.05) is 55.5 Å². The molecule has 3 aromatic carbocycles. The van der Waals surface area contributed by atoms with Crippen molar-refractivity contribution in [1.29, 1.82) is 0 Å². The van der Waals surface area contributed by atoms with Crippen LogP contribution in [0, 0.1) is 6.92 Å². The first-order valence-corrected chi connectivity index (χ1v) is 10.6. The largest absolute Gasteiger partial charge is 0.350 e. The summed E-state index contributed by atoms with van der Waals surface area (Å²) < 4.78 is 0.856. The molecule has 5 rings (SSSR count). The molecule has 0 radical (unpaired) electrons. The van der Waals surface area contributed by atoms with Gasteiger partial charge in [-0.15, -0.1) is 0 Å². The maximum atomic E-state index is 13.8. The van der Waals surface area contributed by atoms with Crippen LogP contribution in [-0.4, -0.2) is 11.8 Å². The molecule has 150 valence electrons. The second-order valence-electron chi connectivity index (χ2n) is 7.51. The summed E-state index contributed by atoms with van der Waals surface area (Å²) in [5, 5.41) is 6.75. The molecular weight excluding hydrogens is 466 g/mol. The summed E-state index contributed by atoms with van der Waals surface area (Å²) in [7, 11) is 0. The molecule has 0 aliphatic carbocycles. The molecular formula is C23H17BrClN3O2. The molecule has 2 N–H and O–H groups in total. The van der Waals surface area contributed by atoms with E-state index < -0.39 is 5.66 Å². The van der Waals surface area contributed by atoms with Crippen LogP contribution < -0.4 is 15.5 Å². The van der Waals surface area contributed by atoms with Crippen molar-refractivity contribution in [1.82, 2.24) is 5.32 Å². The van der Waals surface area contributed by atoms with E-state index >= 15 is 0 Å². The van der Waals surface area contributed by atoms with Gasteiger partial charge in [0.05, 0.1) is 23.5 Å². The van der Waals surface area contributed by atoms with Gasteiger partial charge in [-0.3, -0.25) is 9.59 Å². The number of nitrogens with one attached hydrogen (secondary N) is 2. The predicted octanol–water partition coefficient (Wildman–Crippen LogP) is 4.97. The van der Waals surface area contributed by atoms with E-state index in [1.54, 1.807) is 17.0 Å². The molecule has 1 spiro atoms. The third-order valence-electron chi connectivity index (χ3n) is 5.56. The van der Waals surface area contributed by atoms with Crippen LogP contribution in [0.3, 0.4) is 0 Å². The number of anilines is 2. The quantitative estimate of drug-likeness (QED) is 0.542. The Morgan fingerprint density at radius 2 is 1.80 bits per heavy atom. The third kappa shape index (κ3) is 2.82. The highest BCUT2D eigenvalue weighted by atomic mass is 79.9. The number of fused-ring (bicyclic) bond motifs is 3. The number of hydrogen-bond donors (Lipinski definition) is 2. The highest BCUT2D eigenvalue weighted by Gasteiger charge is 2.54. The van der Waals surface area contributed by atoms with Crippen molar-refractivity contribution < 1.29 is 9.59 Å². The van der Waals surface area contributed by atoms with Crippen molar-refractivity contribution in [2.75, 3.05) is 10.2 Å². The molecule has 1 atom stereocenters. The lowest BCUT2D eigenvalue weighted by atomic mass is 9.94. The van der Waals surface area contributed by atoms with Gasteiger partial charge in [-0.25, -0.2) is 0 Å². The first-order valence-electron chi connectivity index (χ1n) is 9.46. The first kappa shape index (κ1) is 19.2. The second-order valence-corrected chi connectivity index (χ2v) is 8.86. The molecule has 2 amide bonds. The third-order valence-corrected chi connectivity index (χ3v) is 6.27. The Kier molecular flexibility index (Phi) is 4.38. The van der Waals surface area contributed by atoms with Gasteiger partial charge in [0, 0.05) is 15.1 Å². The molecule has 7 heteroatoms. The summed E-state index contributed by atoms with van der Waals surface area (Å²) in [6.07, 6.45) is 0. The summed E-state index contributed by atoms with van der Waals surface area (Å²) in [4.78, 5) is 28.6. The summed E-state index contributed by atoms with van der Waals surface area (Å²) in [5.74, 6) is -0.564. The Morgan fingerprint density at radius 3 is 2.57 bits per heavy atom. The van der Waals surface area contributed by atoms with Gasteiger partial charge in [0.1, 0.15) is 0 Å². The van der Waals surface area contributed by atoms with Crippen molar-refractivity contribution in [3.63, 3.8) is 0 Å². The molecule has 30 heavy (non-hydrogen) atoms. The Hall–Kier alpha value is -2.83. The summed E-state index contributed by atoms with van der Waals surface area (Å²) in [6.45, 7) is 2.27. The number of nitrogens with zero attached hydrogens (tertiary/aromatic N) is 1. The molecule has 2 heterocycles. The molecule has 2 aliphatic heterocycles. The highest BCUT2D eigenvalue weighted by Crippen LogP contribution is 2.46. The Labute approximate surface area is 187 Å². The van der Waals surface area contributed by atoms with Gasteiger partial charge in [0.25, 0.3) is 11.8 Å². The van der Waals surface area contributed by atoms with Crippen molar-refractivity contribution in [2.24, 2.45) is 0 Å². The van der Waals surface area contributed by atoms with Crippen LogP contribution in [0.15, 0.2) is 65.1 Å². The number of benzene rings is 3. The van der Waals surface area contributed by atoms with Gasteiger partial charge in [-0.2, -0.15) is 0 Å². The van der Waals surface area contributed by atoms with Crippen molar-refractivity contribution in [3.8, 4) is 0 Å². The average Bonchev–Trinajstić information content (AvgIpc) is 2.92. The van der Waals surface area contributed by atoms with Gasteiger partial charge < -0.3 is 15.5 Å². The number of hydrogen-bond acceptors (Lipinski definition) is 3. The number of amides is 2. The molecule has 0 aromatic heterocycles. The minimum atomic E-state index is -1.37. The van der Waals surface area contributed by atoms with Gasteiger partial charge in [0.15, 0.2) is 0 Å². The zero-order valence-electron chi connectivity index (χ0n) is 16.0. The fourth-order valence-corrected chi connectivity index (χ4v) is 4.80. The van der Waals surface area contributed by atoms with Gasteiger partial charge in [-0.05, 0) is 42.3 Å². The van der Waals surface area contributed by atoms with E-state index in [1.165, 1.54) is 0 Å². The topological polar surface area (TPSA) is 61.4 Å². The Bertz CT molecular complexity index is 1210. The van der Waals surface area contributed by atoms with Crippen molar-refractivity contribution in [3.05, 3.63) is 92.4 Å². The number of halogens is 2. The molecule has 2 aliphatic rings. The Morgan fingerprint density at radius 1 is 1.03 bits per heavy atom. The SMILES string of the molecule is Cc1cc(Cl)cc2c1N[C@]1(NC2=O)C(=O)N(Cc2ccccc2)c2cc(Br)ccc21. The van der Waals surface area contributed by atoms with E-state index in [2.05, 4.69) is 26.6 Å². The number of carbonyl (C=O) groups excluding carboxylic acids is 2. The second kappa shape index (κ2) is 6.86. The predicted molar refractivity (Wildman–Crippen MR) is 121 cm³/mol. The van der Waals surface area contributed by atoms with E-state index in [-0.39, 0.29) is 11.8 Å². The molecule has 0 saturated carbocycles. The molecule has 0 bridgehead atoms. The van der Waals surface area contributed by atoms with Crippen LogP contribution in [0.5, 0.6) is 0 Å². The standard InChI is InChI=1S/C23H17BrClN3O2/c1-13-9-16(25)11-17-20(13)26-23(27-21(17)29)18-8-7-15(24)10-19(18)28(22(23)30)12-14-5-3-2-4-6-14/h2-11,26H,12H2,1H3,(H,27,29)/t23-/m1/s1. The Balaban J connectivity index is 1.66. The lowest BCUT2D eigenvalue weighted by molar-refractivity contribution is -0.123. The zero-order chi connectivity index (χ0) is 21.0. The number of aryl methyl sites for hydroxylation is 1. The van der Waals surface area contributed by atoms with Crippen LogP contribution in [0.2, 0.25) is 5.02 Å². The molecule has 0 fully saturated rings. The van der Waals surface area contributed by atoms with Crippen molar-refractivity contribution >= 4 is 50.7 Å². The lowest BCUT2D eigenvalue weighted by Crippen LogP contribution is -2.60. The smallest absolute Gasteiger partial charge is 0.278 e. The van der Waals surface area contributed by atoms with Crippen LogP contribution in [0.1, 0.15) is 27.0 Å². The molecule has 0 saturated heterocycles. The molecule has 0 unspecified atom stereocenters. The normalized spacial score (nSPS) is 19.4. The van der Waals surface area contributed by atoms with Gasteiger partial charge in [-0.1, -0.05) is 63.9 Å². The summed E-state index contributed by atoms with van der Waals surface area (Å²) in [5.41, 5.74) is 2.94. The lowest BCUT2D eigenvalue weighted by Gasteiger charge is -2.37. The monoisotopic (exact) mass is 481 g/mol. The van der Waals surface area contributed by atoms with Gasteiger partial charge >= 0.3 is 0 Å². The number of rotatable bonds is 2. The minimum Gasteiger partial charge on any atom is -0.350 e. The zero-order valence-corrected chi connectivity index (χ0v) is 18.3. The van der Waals surface area contributed by atoms with Gasteiger partial charge in [0.2, 0.25) is 5.66 Å². The maximum absolute atomic E-state index is 13.8.